The van der Waals surface area contributed by atoms with E-state index in [1.165, 1.54) is 35.5 Å². The number of hydrogen-bond acceptors (Lipinski definition) is 4. The van der Waals surface area contributed by atoms with E-state index in [9.17, 15) is 0 Å². The van der Waals surface area contributed by atoms with Gasteiger partial charge in [0.05, 0.1) is 6.20 Å². The molecule has 3 nitrogen and oxygen atoms in total. The van der Waals surface area contributed by atoms with Crippen molar-refractivity contribution in [2.75, 3.05) is 5.32 Å². The van der Waals surface area contributed by atoms with E-state index >= 15 is 0 Å². The Kier molecular flexibility index (Phi) is 2.58. The lowest BCUT2D eigenvalue weighted by molar-refractivity contribution is 0.612. The highest BCUT2D eigenvalue weighted by atomic mass is 32.1. The molecule has 1 atom stereocenters. The molecule has 0 bridgehead atoms. The van der Waals surface area contributed by atoms with Gasteiger partial charge in [0.2, 0.25) is 0 Å². The summed E-state index contributed by atoms with van der Waals surface area (Å²) >= 11 is 1.43. The van der Waals surface area contributed by atoms with Crippen molar-refractivity contribution >= 4 is 16.5 Å². The Morgan fingerprint density at radius 3 is 2.94 bits per heavy atom. The van der Waals surface area contributed by atoms with E-state index in [0.717, 1.165) is 11.4 Å². The van der Waals surface area contributed by atoms with Crippen LogP contribution in [0.2, 0.25) is 0 Å². The van der Waals surface area contributed by atoms with Crippen LogP contribution in [0.4, 0.5) is 5.00 Å². The van der Waals surface area contributed by atoms with Gasteiger partial charge in [-0.05, 0) is 30.4 Å². The molecule has 16 heavy (non-hydrogen) atoms. The second-order valence-corrected chi connectivity index (χ2v) is 4.92. The number of hydrogen-bond donors (Lipinski definition) is 1. The lowest BCUT2D eigenvalue weighted by Gasteiger charge is -2.25. The van der Waals surface area contributed by atoms with Crippen molar-refractivity contribution in [2.24, 2.45) is 0 Å². The van der Waals surface area contributed by atoms with Gasteiger partial charge < -0.3 is 5.32 Å². The molecule has 0 radical (unpaired) electrons. The molecule has 4 heteroatoms. The molecule has 1 aromatic carbocycles. The zero-order valence-electron chi connectivity index (χ0n) is 8.89. The molecule has 0 aliphatic heterocycles. The second-order valence-electron chi connectivity index (χ2n) is 4.13. The van der Waals surface area contributed by atoms with Crippen LogP contribution < -0.4 is 5.32 Å². The Morgan fingerprint density at radius 2 is 2.12 bits per heavy atom. The number of nitrogens with one attached hydrogen (secondary N) is 1. The molecule has 0 amide bonds. The van der Waals surface area contributed by atoms with Crippen LogP contribution in [0.1, 0.15) is 17.5 Å². The summed E-state index contributed by atoms with van der Waals surface area (Å²) in [6.07, 6.45) is 5.26. The highest BCUT2D eigenvalue weighted by Gasteiger charge is 2.18. The maximum Gasteiger partial charge on any atom is 0.130 e. The lowest BCUT2D eigenvalue weighted by atomic mass is 9.88. The Labute approximate surface area is 98.7 Å². The van der Waals surface area contributed by atoms with Crippen LogP contribution in [-0.2, 0) is 12.8 Å². The number of rotatable bonds is 2. The number of nitrogens with zero attached hydrogens (tertiary/aromatic N) is 2. The first-order valence-corrected chi connectivity index (χ1v) is 6.30. The van der Waals surface area contributed by atoms with Gasteiger partial charge in [-0.1, -0.05) is 28.8 Å². The van der Waals surface area contributed by atoms with E-state index in [1.807, 2.05) is 0 Å². The first-order valence-electron chi connectivity index (χ1n) is 5.52. The number of anilines is 1. The van der Waals surface area contributed by atoms with Crippen LogP contribution >= 0.6 is 11.5 Å². The fourth-order valence-electron chi connectivity index (χ4n) is 2.25. The summed E-state index contributed by atoms with van der Waals surface area (Å²) in [6, 6.07) is 9.24. The SMILES string of the molecule is c1ccc2c(c1)CCC(Nc1cnns1)C2. The van der Waals surface area contributed by atoms with Gasteiger partial charge >= 0.3 is 0 Å². The molecular formula is C12H13N3S. The van der Waals surface area contributed by atoms with Crippen molar-refractivity contribution in [3.8, 4) is 0 Å². The number of aryl methyl sites for hydroxylation is 1. The summed E-state index contributed by atoms with van der Waals surface area (Å²) in [5.74, 6) is 0. The van der Waals surface area contributed by atoms with Crippen molar-refractivity contribution in [1.82, 2.24) is 9.59 Å². The molecule has 2 aromatic rings. The van der Waals surface area contributed by atoms with Crippen LogP contribution in [0.25, 0.3) is 0 Å². The van der Waals surface area contributed by atoms with Crippen molar-refractivity contribution in [3.05, 3.63) is 41.6 Å². The van der Waals surface area contributed by atoms with Crippen molar-refractivity contribution in [2.45, 2.75) is 25.3 Å². The van der Waals surface area contributed by atoms with E-state index in [1.54, 1.807) is 6.20 Å². The van der Waals surface area contributed by atoms with E-state index in [2.05, 4.69) is 39.2 Å². The molecule has 3 rings (SSSR count). The largest absolute Gasteiger partial charge is 0.371 e. The van der Waals surface area contributed by atoms with Crippen LogP contribution in [0.15, 0.2) is 30.5 Å². The minimum Gasteiger partial charge on any atom is -0.371 e. The molecule has 1 N–H and O–H groups in total. The highest BCUT2D eigenvalue weighted by Crippen LogP contribution is 2.24. The highest BCUT2D eigenvalue weighted by molar-refractivity contribution is 7.09. The van der Waals surface area contributed by atoms with E-state index in [4.69, 9.17) is 0 Å². The molecule has 0 saturated carbocycles. The summed E-state index contributed by atoms with van der Waals surface area (Å²) in [5, 5.41) is 8.41. The van der Waals surface area contributed by atoms with E-state index in [-0.39, 0.29) is 0 Å². The molecule has 0 spiro atoms. The van der Waals surface area contributed by atoms with Crippen molar-refractivity contribution in [3.63, 3.8) is 0 Å². The Bertz CT molecular complexity index is 467. The first kappa shape index (κ1) is 9.78. The predicted octanol–water partition coefficient (Wildman–Crippen LogP) is 2.51. The second kappa shape index (κ2) is 4.22. The van der Waals surface area contributed by atoms with Crippen molar-refractivity contribution < 1.29 is 0 Å². The monoisotopic (exact) mass is 231 g/mol. The van der Waals surface area contributed by atoms with Gasteiger partial charge in [-0.15, -0.1) is 5.10 Å². The summed E-state index contributed by atoms with van der Waals surface area (Å²) in [7, 11) is 0. The Hall–Kier alpha value is -1.42. The quantitative estimate of drug-likeness (QED) is 0.863. The summed E-state index contributed by atoms with van der Waals surface area (Å²) in [6.45, 7) is 0. The van der Waals surface area contributed by atoms with Crippen LogP contribution in [0.3, 0.4) is 0 Å². The maximum absolute atomic E-state index is 3.86. The van der Waals surface area contributed by atoms with Gasteiger partial charge in [0.1, 0.15) is 5.00 Å². The molecule has 1 unspecified atom stereocenters. The Morgan fingerprint density at radius 1 is 1.25 bits per heavy atom. The molecule has 1 aliphatic rings. The zero-order chi connectivity index (χ0) is 10.8. The fourth-order valence-corrected chi connectivity index (χ4v) is 2.75. The molecule has 1 aromatic heterocycles. The van der Waals surface area contributed by atoms with Gasteiger partial charge in [-0.2, -0.15) is 0 Å². The molecular weight excluding hydrogens is 218 g/mol. The maximum atomic E-state index is 3.86. The Balaban J connectivity index is 1.73. The minimum absolute atomic E-state index is 0.525. The van der Waals surface area contributed by atoms with E-state index < -0.39 is 0 Å². The van der Waals surface area contributed by atoms with Crippen LogP contribution in [-0.4, -0.2) is 15.6 Å². The normalized spacial score (nSPS) is 19.1. The summed E-state index contributed by atoms with van der Waals surface area (Å²) < 4.78 is 3.86. The minimum atomic E-state index is 0.525. The average Bonchev–Trinajstić information content (AvgIpc) is 2.82. The average molecular weight is 231 g/mol. The standard InChI is InChI=1S/C12H13N3S/c1-2-4-10-7-11(6-5-9(10)3-1)14-12-8-13-15-16-12/h1-4,8,11,14H,5-7H2. The molecule has 1 heterocycles. The topological polar surface area (TPSA) is 37.8 Å². The summed E-state index contributed by atoms with van der Waals surface area (Å²) in [4.78, 5) is 0. The third kappa shape index (κ3) is 1.93. The van der Waals surface area contributed by atoms with Gasteiger partial charge in [-0.3, -0.25) is 0 Å². The lowest BCUT2D eigenvalue weighted by Crippen LogP contribution is -2.26. The molecule has 1 aliphatic carbocycles. The summed E-state index contributed by atoms with van der Waals surface area (Å²) in [5.41, 5.74) is 2.98. The zero-order valence-corrected chi connectivity index (χ0v) is 9.70. The fraction of sp³-hybridized carbons (Fsp3) is 0.333. The van der Waals surface area contributed by atoms with Crippen LogP contribution in [0.5, 0.6) is 0 Å². The molecule has 82 valence electrons. The molecule has 0 saturated heterocycles. The van der Waals surface area contributed by atoms with Gasteiger partial charge in [0.25, 0.3) is 0 Å². The number of aromatic nitrogens is 2. The smallest absolute Gasteiger partial charge is 0.130 e. The van der Waals surface area contributed by atoms with Gasteiger partial charge in [0, 0.05) is 17.6 Å². The number of fused-ring (bicyclic) bond motifs is 1. The van der Waals surface area contributed by atoms with E-state index in [0.29, 0.717) is 6.04 Å². The predicted molar refractivity (Wildman–Crippen MR) is 65.8 cm³/mol. The first-order chi connectivity index (χ1) is 7.92. The van der Waals surface area contributed by atoms with Crippen LogP contribution in [0, 0.1) is 0 Å². The third-order valence-corrected chi connectivity index (χ3v) is 3.65. The molecule has 0 fully saturated rings. The number of benzene rings is 1. The van der Waals surface area contributed by atoms with Gasteiger partial charge in [-0.25, -0.2) is 0 Å². The van der Waals surface area contributed by atoms with Gasteiger partial charge in [0.15, 0.2) is 0 Å². The van der Waals surface area contributed by atoms with Crippen molar-refractivity contribution in [1.29, 1.82) is 0 Å². The third-order valence-electron chi connectivity index (χ3n) is 3.05.